The van der Waals surface area contributed by atoms with Gasteiger partial charge < -0.3 is 5.11 Å². The van der Waals surface area contributed by atoms with E-state index in [-0.39, 0.29) is 17.7 Å². The van der Waals surface area contributed by atoms with Crippen molar-refractivity contribution in [3.05, 3.63) is 46.1 Å². The Balaban J connectivity index is 2.07. The van der Waals surface area contributed by atoms with Crippen LogP contribution in [0, 0.1) is 5.92 Å². The Labute approximate surface area is 139 Å². The molecule has 1 amide bonds. The fourth-order valence-corrected chi connectivity index (χ4v) is 3.53. The van der Waals surface area contributed by atoms with E-state index in [4.69, 9.17) is 0 Å². The molecule has 0 bridgehead atoms. The summed E-state index contributed by atoms with van der Waals surface area (Å²) < 4.78 is 41.2. The second kappa shape index (κ2) is 5.52. The van der Waals surface area contributed by atoms with Crippen LogP contribution < -0.4 is 5.43 Å². The third-order valence-electron chi connectivity index (χ3n) is 4.23. The van der Waals surface area contributed by atoms with Crippen molar-refractivity contribution in [2.45, 2.75) is 31.2 Å². The minimum absolute atomic E-state index is 0.0434. The lowest BCUT2D eigenvalue weighted by atomic mass is 9.84. The lowest BCUT2D eigenvalue weighted by Gasteiger charge is -2.37. The Kier molecular flexibility index (Phi) is 3.92. The van der Waals surface area contributed by atoms with Crippen molar-refractivity contribution in [3.8, 4) is 0 Å². The van der Waals surface area contributed by atoms with Gasteiger partial charge in [0.2, 0.25) is 0 Å². The van der Waals surface area contributed by atoms with Crippen molar-refractivity contribution in [2.24, 2.45) is 5.92 Å². The summed E-state index contributed by atoms with van der Waals surface area (Å²) in [6.07, 6.45) is -2.06. The number of carbonyl (C=O) groups excluding carboxylic acids is 1. The van der Waals surface area contributed by atoms with Gasteiger partial charge in [0.1, 0.15) is 0 Å². The van der Waals surface area contributed by atoms with E-state index in [9.17, 15) is 23.1 Å². The molecule has 0 unspecified atom stereocenters. The van der Waals surface area contributed by atoms with E-state index >= 15 is 0 Å². The molecule has 124 valence electrons. The molecule has 1 aromatic carbocycles. The third-order valence-corrected chi connectivity index (χ3v) is 4.92. The van der Waals surface area contributed by atoms with Gasteiger partial charge >= 0.3 is 6.18 Å². The molecule has 0 spiro atoms. The van der Waals surface area contributed by atoms with Gasteiger partial charge in [-0.25, -0.2) is 5.01 Å². The zero-order chi connectivity index (χ0) is 16.8. The summed E-state index contributed by atoms with van der Waals surface area (Å²) in [5.41, 5.74) is -0.499. The van der Waals surface area contributed by atoms with Gasteiger partial charge in [0.05, 0.1) is 11.5 Å². The van der Waals surface area contributed by atoms with Crippen LogP contribution in [-0.4, -0.2) is 27.9 Å². The smallest absolute Gasteiger partial charge is 0.362 e. The van der Waals surface area contributed by atoms with Crippen LogP contribution in [0.15, 0.2) is 40.5 Å². The number of alkyl halides is 3. The van der Waals surface area contributed by atoms with Crippen LogP contribution in [-0.2, 0) is 0 Å². The maximum atomic E-state index is 13.6. The predicted molar refractivity (Wildman–Crippen MR) is 79.9 cm³/mol. The number of nitrogens with one attached hydrogen (secondary N) is 1. The van der Waals surface area contributed by atoms with E-state index in [0.717, 1.165) is 0 Å². The number of benzene rings is 1. The van der Waals surface area contributed by atoms with Crippen LogP contribution >= 0.6 is 15.9 Å². The van der Waals surface area contributed by atoms with Crippen molar-refractivity contribution >= 4 is 21.8 Å². The predicted octanol–water partition coefficient (Wildman–Crippen LogP) is 3.34. The highest BCUT2D eigenvalue weighted by Crippen LogP contribution is 2.49. The second-order valence-electron chi connectivity index (χ2n) is 5.60. The number of allylic oxidation sites excluding steroid dienone is 1. The lowest BCUT2D eigenvalue weighted by molar-refractivity contribution is -0.314. The average Bonchev–Trinajstić information content (AvgIpc) is 2.82. The molecule has 3 rings (SSSR count). The minimum atomic E-state index is -4.98. The van der Waals surface area contributed by atoms with Crippen molar-refractivity contribution in [1.82, 2.24) is 10.4 Å². The topological polar surface area (TPSA) is 52.6 Å². The van der Waals surface area contributed by atoms with Gasteiger partial charge in [-0.2, -0.15) is 13.2 Å². The number of carbonyl (C=O) groups is 1. The fourth-order valence-electron chi connectivity index (χ4n) is 3.07. The minimum Gasteiger partial charge on any atom is -0.362 e. The first-order chi connectivity index (χ1) is 10.8. The zero-order valence-electron chi connectivity index (χ0n) is 11.9. The zero-order valence-corrected chi connectivity index (χ0v) is 13.5. The molecule has 1 aromatic rings. The number of nitrogens with zero attached hydrogens (tertiary/aromatic N) is 1. The van der Waals surface area contributed by atoms with E-state index < -0.39 is 23.7 Å². The molecule has 23 heavy (non-hydrogen) atoms. The highest BCUT2D eigenvalue weighted by Gasteiger charge is 2.68. The average molecular weight is 391 g/mol. The van der Waals surface area contributed by atoms with Crippen LogP contribution in [0.2, 0.25) is 0 Å². The molecule has 1 fully saturated rings. The normalized spacial score (nSPS) is 27.3. The number of halogens is 4. The van der Waals surface area contributed by atoms with Gasteiger partial charge in [-0.3, -0.25) is 10.2 Å². The number of fused-ring (bicyclic) bond motifs is 1. The Morgan fingerprint density at radius 2 is 2.09 bits per heavy atom. The lowest BCUT2D eigenvalue weighted by Crippen LogP contribution is -2.62. The Bertz CT molecular complexity index is 677. The fraction of sp³-hybridized carbons (Fsp3) is 0.400. The molecular formula is C15H14BrF3N2O2. The Hall–Kier alpha value is -1.54. The molecule has 0 aromatic heterocycles. The summed E-state index contributed by atoms with van der Waals surface area (Å²) in [7, 11) is 0. The van der Waals surface area contributed by atoms with E-state index in [1.165, 1.54) is 6.07 Å². The van der Waals surface area contributed by atoms with Crippen LogP contribution in [0.5, 0.6) is 0 Å². The van der Waals surface area contributed by atoms with Gasteiger partial charge in [0.25, 0.3) is 11.6 Å². The van der Waals surface area contributed by atoms with Crippen LogP contribution in [0.4, 0.5) is 13.2 Å². The van der Waals surface area contributed by atoms with Crippen LogP contribution in [0.3, 0.4) is 0 Å². The molecule has 0 saturated carbocycles. The quantitative estimate of drug-likeness (QED) is 0.772. The maximum absolute atomic E-state index is 13.6. The number of hydrogen-bond donors (Lipinski definition) is 2. The summed E-state index contributed by atoms with van der Waals surface area (Å²) in [5, 5.41) is 10.8. The SMILES string of the molecule is O=C(c1ccccc1Br)N1NC2=CCCC[C@@H]2[C@@]1(O)C(F)(F)F. The molecular weight excluding hydrogens is 377 g/mol. The number of amides is 1. The summed E-state index contributed by atoms with van der Waals surface area (Å²) >= 11 is 3.16. The van der Waals surface area contributed by atoms with Crippen molar-refractivity contribution in [2.75, 3.05) is 0 Å². The van der Waals surface area contributed by atoms with Gasteiger partial charge in [0.15, 0.2) is 0 Å². The molecule has 1 aliphatic carbocycles. The second-order valence-corrected chi connectivity index (χ2v) is 6.45. The van der Waals surface area contributed by atoms with Gasteiger partial charge in [-0.1, -0.05) is 18.2 Å². The standard InChI is InChI=1S/C15H14BrF3N2O2/c16-11-7-3-1-5-9(11)13(22)21-14(23,15(17,18)19)10-6-2-4-8-12(10)20-21/h1,3,5,7-8,10,20,23H,2,4,6H2/t10-,14+/m0/s1. The van der Waals surface area contributed by atoms with E-state index in [1.54, 1.807) is 24.3 Å². The van der Waals surface area contributed by atoms with Crippen LogP contribution in [0.25, 0.3) is 0 Å². The molecule has 4 nitrogen and oxygen atoms in total. The van der Waals surface area contributed by atoms with Gasteiger partial charge in [-0.15, -0.1) is 0 Å². The summed E-state index contributed by atoms with van der Waals surface area (Å²) in [4.78, 5) is 12.6. The number of aliphatic hydroxyl groups is 1. The van der Waals surface area contributed by atoms with Crippen molar-refractivity contribution in [1.29, 1.82) is 0 Å². The number of hydrogen-bond acceptors (Lipinski definition) is 3. The molecule has 2 atom stereocenters. The Morgan fingerprint density at radius 1 is 1.39 bits per heavy atom. The molecule has 2 aliphatic rings. The molecule has 2 N–H and O–H groups in total. The van der Waals surface area contributed by atoms with Crippen LogP contribution in [0.1, 0.15) is 29.6 Å². The van der Waals surface area contributed by atoms with Gasteiger partial charge in [-0.05, 0) is 47.3 Å². The van der Waals surface area contributed by atoms with Gasteiger partial charge in [0, 0.05) is 10.2 Å². The van der Waals surface area contributed by atoms with E-state index in [1.807, 2.05) is 0 Å². The highest BCUT2D eigenvalue weighted by molar-refractivity contribution is 9.10. The summed E-state index contributed by atoms with van der Waals surface area (Å²) in [6.45, 7) is 0. The monoisotopic (exact) mass is 390 g/mol. The summed E-state index contributed by atoms with van der Waals surface area (Å²) in [5.74, 6) is -2.13. The van der Waals surface area contributed by atoms with Crippen molar-refractivity contribution < 1.29 is 23.1 Å². The van der Waals surface area contributed by atoms with Crippen molar-refractivity contribution in [3.63, 3.8) is 0 Å². The first-order valence-electron chi connectivity index (χ1n) is 7.11. The Morgan fingerprint density at radius 3 is 2.74 bits per heavy atom. The molecule has 0 radical (unpaired) electrons. The molecule has 1 saturated heterocycles. The third kappa shape index (κ3) is 2.44. The number of hydrazine groups is 1. The molecule has 1 aliphatic heterocycles. The first-order valence-corrected chi connectivity index (χ1v) is 7.91. The van der Waals surface area contributed by atoms with E-state index in [2.05, 4.69) is 21.4 Å². The van der Waals surface area contributed by atoms with E-state index in [0.29, 0.717) is 22.3 Å². The first kappa shape index (κ1) is 16.3. The molecule has 8 heteroatoms. The maximum Gasteiger partial charge on any atom is 0.439 e. The summed E-state index contributed by atoms with van der Waals surface area (Å²) in [6, 6.07) is 6.16. The molecule has 1 heterocycles. The largest absolute Gasteiger partial charge is 0.439 e. The highest BCUT2D eigenvalue weighted by atomic mass is 79.9. The number of rotatable bonds is 1.